The van der Waals surface area contributed by atoms with Gasteiger partial charge < -0.3 is 19.9 Å². The topological polar surface area (TPSA) is 101 Å². The summed E-state index contributed by atoms with van der Waals surface area (Å²) in [6.07, 6.45) is 12.4. The molecule has 1 amide bonds. The number of aromatic nitrogens is 5. The molecule has 2 fully saturated rings. The van der Waals surface area contributed by atoms with Crippen LogP contribution in [0.25, 0.3) is 11.4 Å². The maximum atomic E-state index is 12.4. The number of pyridine rings is 1. The van der Waals surface area contributed by atoms with Crippen LogP contribution >= 0.6 is 0 Å². The van der Waals surface area contributed by atoms with Crippen molar-refractivity contribution in [1.29, 1.82) is 0 Å². The normalized spacial score (nSPS) is 17.8. The summed E-state index contributed by atoms with van der Waals surface area (Å²) in [6.45, 7) is 8.38. The van der Waals surface area contributed by atoms with Gasteiger partial charge in [0.15, 0.2) is 0 Å². The van der Waals surface area contributed by atoms with Crippen molar-refractivity contribution in [2.75, 3.05) is 36.4 Å². The zero-order chi connectivity index (χ0) is 26.3. The van der Waals surface area contributed by atoms with Crippen molar-refractivity contribution in [2.24, 2.45) is 0 Å². The predicted molar refractivity (Wildman–Crippen MR) is 146 cm³/mol. The van der Waals surface area contributed by atoms with Crippen LogP contribution in [0.3, 0.4) is 0 Å². The number of hydrogen-bond acceptors (Lipinski definition) is 8. The van der Waals surface area contributed by atoms with Gasteiger partial charge in [0.1, 0.15) is 11.4 Å². The molecule has 0 radical (unpaired) electrons. The highest BCUT2D eigenvalue weighted by Crippen LogP contribution is 2.38. The summed E-state index contributed by atoms with van der Waals surface area (Å²) < 4.78 is 7.72. The largest absolute Gasteiger partial charge is 0.444 e. The van der Waals surface area contributed by atoms with Gasteiger partial charge in [-0.15, -0.1) is 0 Å². The van der Waals surface area contributed by atoms with E-state index in [1.165, 1.54) is 36.8 Å². The van der Waals surface area contributed by atoms with E-state index in [1.54, 1.807) is 4.90 Å². The molecule has 0 atom stereocenters. The monoisotopic (exact) mass is 516 g/mol. The quantitative estimate of drug-likeness (QED) is 0.530. The molecular formula is C28H36N8O2. The van der Waals surface area contributed by atoms with Crippen LogP contribution in [0.15, 0.2) is 30.7 Å². The van der Waals surface area contributed by atoms with Gasteiger partial charge >= 0.3 is 6.09 Å². The fraction of sp³-hybridized carbons (Fsp3) is 0.536. The molecule has 4 heterocycles. The number of amides is 1. The maximum absolute atomic E-state index is 12.4. The summed E-state index contributed by atoms with van der Waals surface area (Å²) in [5.74, 6) is 1.24. The fourth-order valence-corrected chi connectivity index (χ4v) is 5.63. The van der Waals surface area contributed by atoms with Crippen LogP contribution in [-0.2, 0) is 17.6 Å². The van der Waals surface area contributed by atoms with Crippen LogP contribution in [0.2, 0.25) is 0 Å². The van der Waals surface area contributed by atoms with Crippen molar-refractivity contribution in [3.8, 4) is 11.4 Å². The minimum absolute atomic E-state index is 0.252. The Morgan fingerprint density at radius 3 is 2.45 bits per heavy atom. The van der Waals surface area contributed by atoms with Crippen molar-refractivity contribution >= 4 is 23.5 Å². The molecule has 0 aromatic carbocycles. The third-order valence-corrected chi connectivity index (χ3v) is 7.58. The van der Waals surface area contributed by atoms with Gasteiger partial charge in [0.05, 0.1) is 35.5 Å². The van der Waals surface area contributed by atoms with Gasteiger partial charge in [-0.25, -0.2) is 19.7 Å². The first-order chi connectivity index (χ1) is 18.3. The third kappa shape index (κ3) is 5.04. The number of nitrogens with one attached hydrogen (secondary N) is 1. The minimum atomic E-state index is -0.484. The van der Waals surface area contributed by atoms with Crippen molar-refractivity contribution in [3.05, 3.63) is 41.9 Å². The zero-order valence-electron chi connectivity index (χ0n) is 22.5. The van der Waals surface area contributed by atoms with E-state index in [0.717, 1.165) is 43.0 Å². The summed E-state index contributed by atoms with van der Waals surface area (Å²) in [6, 6.07) is 4.47. The van der Waals surface area contributed by atoms with Crippen LogP contribution in [0, 0.1) is 0 Å². The summed E-state index contributed by atoms with van der Waals surface area (Å²) in [7, 11) is 0. The molecule has 10 nitrogen and oxygen atoms in total. The van der Waals surface area contributed by atoms with E-state index < -0.39 is 5.60 Å². The molecule has 1 aliphatic heterocycles. The Morgan fingerprint density at radius 2 is 1.74 bits per heavy atom. The second-order valence-electron chi connectivity index (χ2n) is 11.4. The molecule has 200 valence electrons. The second-order valence-corrected chi connectivity index (χ2v) is 11.4. The van der Waals surface area contributed by atoms with Crippen molar-refractivity contribution in [2.45, 2.75) is 70.9 Å². The molecule has 0 spiro atoms. The summed E-state index contributed by atoms with van der Waals surface area (Å²) in [5, 5.41) is 8.06. The van der Waals surface area contributed by atoms with Crippen LogP contribution in [0.1, 0.15) is 63.6 Å². The van der Waals surface area contributed by atoms with E-state index in [4.69, 9.17) is 14.8 Å². The molecule has 3 aliphatic rings. The molecule has 38 heavy (non-hydrogen) atoms. The Morgan fingerprint density at radius 1 is 0.974 bits per heavy atom. The highest BCUT2D eigenvalue weighted by atomic mass is 16.6. The minimum Gasteiger partial charge on any atom is -0.444 e. The van der Waals surface area contributed by atoms with E-state index in [-0.39, 0.29) is 6.09 Å². The number of rotatable bonds is 4. The SMILES string of the molecule is CC(C)(C)OC(=O)N1CCN(c2ccc(Nc3ncc4c(n3)-c3c(cnn3C3CCCC3)CC4)nc2)CC1. The van der Waals surface area contributed by atoms with Gasteiger partial charge in [-0.3, -0.25) is 4.68 Å². The first-order valence-electron chi connectivity index (χ1n) is 13.7. The predicted octanol–water partition coefficient (Wildman–Crippen LogP) is 4.75. The lowest BCUT2D eigenvalue weighted by Gasteiger charge is -2.36. The lowest BCUT2D eigenvalue weighted by atomic mass is 9.95. The van der Waals surface area contributed by atoms with Gasteiger partial charge in [0, 0.05) is 37.9 Å². The number of carbonyl (C=O) groups excluding carboxylic acids is 1. The van der Waals surface area contributed by atoms with E-state index in [2.05, 4.69) is 24.9 Å². The van der Waals surface area contributed by atoms with E-state index in [1.807, 2.05) is 51.5 Å². The molecule has 10 heteroatoms. The van der Waals surface area contributed by atoms with Crippen LogP contribution < -0.4 is 10.2 Å². The number of ether oxygens (including phenoxy) is 1. The van der Waals surface area contributed by atoms with Crippen LogP contribution in [-0.4, -0.2) is 67.5 Å². The van der Waals surface area contributed by atoms with Crippen molar-refractivity contribution in [3.63, 3.8) is 0 Å². The van der Waals surface area contributed by atoms with Gasteiger partial charge in [-0.1, -0.05) is 12.8 Å². The lowest BCUT2D eigenvalue weighted by molar-refractivity contribution is 0.0240. The Kier molecular flexibility index (Phi) is 6.41. The number of piperazine rings is 1. The van der Waals surface area contributed by atoms with E-state index in [0.29, 0.717) is 30.9 Å². The van der Waals surface area contributed by atoms with Crippen molar-refractivity contribution < 1.29 is 9.53 Å². The highest BCUT2D eigenvalue weighted by molar-refractivity contribution is 5.69. The number of carbonyl (C=O) groups is 1. The molecule has 3 aromatic rings. The Labute approximate surface area is 223 Å². The van der Waals surface area contributed by atoms with E-state index >= 15 is 0 Å². The Balaban J connectivity index is 1.12. The molecule has 3 aromatic heterocycles. The standard InChI is InChI=1S/C28H36N8O2/c1-28(2,3)38-27(37)35-14-12-34(13-15-35)22-10-11-23(29-18-22)32-26-30-16-19-8-9-20-17-31-36(21-6-4-5-7-21)25(20)24(19)33-26/h10-11,16-18,21H,4-9,12-15H2,1-3H3,(H,29,30,32,33). The number of hydrogen-bond donors (Lipinski definition) is 1. The Bertz CT molecular complexity index is 1300. The fourth-order valence-electron chi connectivity index (χ4n) is 5.63. The number of anilines is 3. The first kappa shape index (κ1) is 24.6. The molecule has 0 unspecified atom stereocenters. The average Bonchev–Trinajstić information content (AvgIpc) is 3.58. The molecule has 1 saturated carbocycles. The van der Waals surface area contributed by atoms with Crippen LogP contribution in [0.4, 0.5) is 22.2 Å². The molecule has 0 bridgehead atoms. The highest BCUT2D eigenvalue weighted by Gasteiger charge is 2.29. The van der Waals surface area contributed by atoms with Gasteiger partial charge in [0.25, 0.3) is 0 Å². The molecule has 6 rings (SSSR count). The van der Waals surface area contributed by atoms with Gasteiger partial charge in [-0.05, 0) is 64.2 Å². The summed E-state index contributed by atoms with van der Waals surface area (Å²) in [5.41, 5.74) is 5.16. The first-order valence-corrected chi connectivity index (χ1v) is 13.7. The Hall–Kier alpha value is -3.69. The van der Waals surface area contributed by atoms with E-state index in [9.17, 15) is 4.79 Å². The van der Waals surface area contributed by atoms with Gasteiger partial charge in [0.2, 0.25) is 5.95 Å². The molecule has 2 aliphatic carbocycles. The maximum Gasteiger partial charge on any atom is 0.410 e. The number of nitrogens with zero attached hydrogens (tertiary/aromatic N) is 7. The van der Waals surface area contributed by atoms with Crippen molar-refractivity contribution in [1.82, 2.24) is 29.6 Å². The molecular weight excluding hydrogens is 480 g/mol. The average molecular weight is 517 g/mol. The molecule has 1 saturated heterocycles. The summed E-state index contributed by atoms with van der Waals surface area (Å²) >= 11 is 0. The van der Waals surface area contributed by atoms with Gasteiger partial charge in [-0.2, -0.15) is 5.10 Å². The number of aryl methyl sites for hydroxylation is 2. The third-order valence-electron chi connectivity index (χ3n) is 7.58. The summed E-state index contributed by atoms with van der Waals surface area (Å²) in [4.78, 5) is 30.5. The molecule has 1 N–H and O–H groups in total. The smallest absolute Gasteiger partial charge is 0.410 e. The zero-order valence-corrected chi connectivity index (χ0v) is 22.5. The second kappa shape index (κ2) is 9.89. The lowest BCUT2D eigenvalue weighted by Crippen LogP contribution is -2.50. The number of fused-ring (bicyclic) bond motifs is 3. The van der Waals surface area contributed by atoms with Crippen LogP contribution in [0.5, 0.6) is 0 Å².